The predicted molar refractivity (Wildman–Crippen MR) is 136 cm³/mol. The molecule has 0 saturated carbocycles. The molecule has 0 spiro atoms. The number of ether oxygens (including phenoxy) is 1. The van der Waals surface area contributed by atoms with Crippen molar-refractivity contribution in [3.05, 3.63) is 94.0 Å². The number of aromatic nitrogens is 3. The Hall–Kier alpha value is -3.67. The minimum Gasteiger partial charge on any atom is -0.494 e. The van der Waals surface area contributed by atoms with E-state index in [1.807, 2.05) is 6.92 Å². The van der Waals surface area contributed by atoms with Crippen LogP contribution < -0.4 is 10.3 Å². The van der Waals surface area contributed by atoms with Gasteiger partial charge in [-0.25, -0.2) is 12.8 Å². The van der Waals surface area contributed by atoms with E-state index < -0.39 is 21.4 Å². The van der Waals surface area contributed by atoms with Crippen LogP contribution in [0.4, 0.5) is 4.39 Å². The number of pyridine rings is 1. The van der Waals surface area contributed by atoms with Gasteiger partial charge in [-0.1, -0.05) is 18.2 Å². The van der Waals surface area contributed by atoms with Gasteiger partial charge in [0, 0.05) is 29.6 Å². The Bertz CT molecular complexity index is 1720. The topological polar surface area (TPSA) is 105 Å². The van der Waals surface area contributed by atoms with Crippen molar-refractivity contribution in [2.45, 2.75) is 24.9 Å². The van der Waals surface area contributed by atoms with Gasteiger partial charge in [0.15, 0.2) is 0 Å². The average Bonchev–Trinajstić information content (AvgIpc) is 3.34. The smallest absolute Gasteiger partial charge is 0.252 e. The number of rotatable bonds is 8. The maximum absolute atomic E-state index is 13.9. The van der Waals surface area contributed by atoms with Crippen LogP contribution in [0.15, 0.2) is 76.4 Å². The van der Waals surface area contributed by atoms with Crippen LogP contribution >= 0.6 is 11.7 Å². The summed E-state index contributed by atoms with van der Waals surface area (Å²) >= 11 is 0.922. The lowest BCUT2D eigenvalue weighted by Crippen LogP contribution is -2.32. The van der Waals surface area contributed by atoms with Crippen LogP contribution in [0.2, 0.25) is 0 Å². The largest absolute Gasteiger partial charge is 0.494 e. The summed E-state index contributed by atoms with van der Waals surface area (Å²) < 4.78 is 56.3. The van der Waals surface area contributed by atoms with Crippen molar-refractivity contribution in [1.82, 2.24) is 18.0 Å². The van der Waals surface area contributed by atoms with Gasteiger partial charge in [-0.15, -0.1) is 0 Å². The van der Waals surface area contributed by atoms with Crippen molar-refractivity contribution in [2.75, 3.05) is 6.61 Å². The first kappa shape index (κ1) is 24.0. The van der Waals surface area contributed by atoms with E-state index in [0.717, 1.165) is 11.7 Å². The van der Waals surface area contributed by atoms with E-state index in [4.69, 9.17) is 4.74 Å². The summed E-state index contributed by atoms with van der Waals surface area (Å²) in [6, 6.07) is 17.3. The van der Waals surface area contributed by atoms with E-state index >= 15 is 0 Å². The highest BCUT2D eigenvalue weighted by molar-refractivity contribution is 7.89. The van der Waals surface area contributed by atoms with Gasteiger partial charge in [0.05, 0.1) is 18.3 Å². The van der Waals surface area contributed by atoms with Crippen molar-refractivity contribution < 1.29 is 17.5 Å². The Balaban J connectivity index is 1.60. The van der Waals surface area contributed by atoms with Gasteiger partial charge in [-0.05, 0) is 61.0 Å². The summed E-state index contributed by atoms with van der Waals surface area (Å²) in [5, 5.41) is 0.709. The van der Waals surface area contributed by atoms with Crippen LogP contribution in [0.25, 0.3) is 21.9 Å². The van der Waals surface area contributed by atoms with Crippen molar-refractivity contribution in [3.8, 4) is 5.75 Å². The fourth-order valence-electron chi connectivity index (χ4n) is 3.94. The standard InChI is InChI=1S/C25H21FN4O4S2/c1-2-34-20-10-11-21-17(13-20)12-18(25(31)27-21)15-30(14-16-6-8-19(26)9-7-16)36(32,33)23-5-3-4-22-24(23)29-35-28-22/h3-13H,2,14-15H2,1H3,(H,27,31). The zero-order valence-electron chi connectivity index (χ0n) is 19.1. The monoisotopic (exact) mass is 524 g/mol. The molecular formula is C25H21FN4O4S2. The number of H-pyrrole nitrogens is 1. The molecule has 5 aromatic rings. The van der Waals surface area contributed by atoms with Gasteiger partial charge in [0.1, 0.15) is 27.5 Å². The second-order valence-corrected chi connectivity index (χ2v) is 10.5. The number of fused-ring (bicyclic) bond motifs is 2. The Kier molecular flexibility index (Phi) is 6.52. The third-order valence-electron chi connectivity index (χ3n) is 5.69. The lowest BCUT2D eigenvalue weighted by atomic mass is 10.1. The van der Waals surface area contributed by atoms with Crippen LogP contribution in [0.1, 0.15) is 18.1 Å². The van der Waals surface area contributed by atoms with E-state index in [2.05, 4.69) is 13.7 Å². The molecule has 0 radical (unpaired) electrons. The molecular weight excluding hydrogens is 503 g/mol. The molecule has 0 unspecified atom stereocenters. The highest BCUT2D eigenvalue weighted by atomic mass is 32.2. The Morgan fingerprint density at radius 1 is 1.03 bits per heavy atom. The number of aromatic amines is 1. The maximum atomic E-state index is 13.9. The summed E-state index contributed by atoms with van der Waals surface area (Å²) in [4.78, 5) is 15.7. The second kappa shape index (κ2) is 9.76. The van der Waals surface area contributed by atoms with E-state index in [1.54, 1.807) is 36.4 Å². The number of halogens is 1. The van der Waals surface area contributed by atoms with Crippen molar-refractivity contribution in [3.63, 3.8) is 0 Å². The Morgan fingerprint density at radius 3 is 2.61 bits per heavy atom. The summed E-state index contributed by atoms with van der Waals surface area (Å²) in [6.07, 6.45) is 0. The highest BCUT2D eigenvalue weighted by Gasteiger charge is 2.29. The molecule has 2 heterocycles. The summed E-state index contributed by atoms with van der Waals surface area (Å²) in [6.45, 7) is 2.08. The van der Waals surface area contributed by atoms with Crippen LogP contribution in [0.3, 0.4) is 0 Å². The van der Waals surface area contributed by atoms with Crippen molar-refractivity contribution >= 4 is 43.7 Å². The summed E-state index contributed by atoms with van der Waals surface area (Å²) in [7, 11) is -4.12. The summed E-state index contributed by atoms with van der Waals surface area (Å²) in [5.74, 6) is 0.212. The summed E-state index contributed by atoms with van der Waals surface area (Å²) in [5.41, 5.74) is 1.76. The molecule has 3 aromatic carbocycles. The fraction of sp³-hybridized carbons (Fsp3) is 0.160. The van der Waals surface area contributed by atoms with E-state index in [9.17, 15) is 17.6 Å². The van der Waals surface area contributed by atoms with Gasteiger partial charge in [0.25, 0.3) is 5.56 Å². The lowest BCUT2D eigenvalue weighted by Gasteiger charge is -2.22. The van der Waals surface area contributed by atoms with Gasteiger partial charge >= 0.3 is 0 Å². The van der Waals surface area contributed by atoms with Gasteiger partial charge in [0.2, 0.25) is 10.0 Å². The number of hydrogen-bond acceptors (Lipinski definition) is 7. The zero-order valence-corrected chi connectivity index (χ0v) is 20.8. The average molecular weight is 525 g/mol. The molecule has 184 valence electrons. The number of nitrogens with zero attached hydrogens (tertiary/aromatic N) is 3. The SMILES string of the molecule is CCOc1ccc2[nH]c(=O)c(CN(Cc3ccc(F)cc3)S(=O)(=O)c3cccc4nsnc34)cc2c1. The quantitative estimate of drug-likeness (QED) is 0.321. The normalized spacial score (nSPS) is 12.0. The Labute approximate surface area is 210 Å². The molecule has 2 aromatic heterocycles. The lowest BCUT2D eigenvalue weighted by molar-refractivity contribution is 0.340. The predicted octanol–water partition coefficient (Wildman–Crippen LogP) is 4.46. The molecule has 0 aliphatic rings. The molecule has 0 aliphatic heterocycles. The molecule has 8 nitrogen and oxygen atoms in total. The molecule has 0 atom stereocenters. The molecule has 36 heavy (non-hydrogen) atoms. The van der Waals surface area contributed by atoms with E-state index in [0.29, 0.717) is 34.3 Å². The molecule has 0 fully saturated rings. The van der Waals surface area contributed by atoms with Crippen molar-refractivity contribution in [1.29, 1.82) is 0 Å². The number of sulfonamides is 1. The second-order valence-electron chi connectivity index (χ2n) is 8.09. The molecule has 0 amide bonds. The van der Waals surface area contributed by atoms with Gasteiger partial charge in [-0.2, -0.15) is 13.1 Å². The van der Waals surface area contributed by atoms with E-state index in [1.165, 1.54) is 34.6 Å². The first-order chi connectivity index (χ1) is 17.3. The minimum atomic E-state index is -4.12. The highest BCUT2D eigenvalue weighted by Crippen LogP contribution is 2.27. The van der Waals surface area contributed by atoms with Crippen molar-refractivity contribution in [2.24, 2.45) is 0 Å². The first-order valence-corrected chi connectivity index (χ1v) is 13.3. The van der Waals surface area contributed by atoms with Crippen LogP contribution in [0.5, 0.6) is 5.75 Å². The molecule has 11 heteroatoms. The fourth-order valence-corrected chi connectivity index (χ4v) is 6.10. The number of nitrogens with one attached hydrogen (secondary N) is 1. The zero-order chi connectivity index (χ0) is 25.3. The third kappa shape index (κ3) is 4.72. The van der Waals surface area contributed by atoms with Gasteiger partial charge < -0.3 is 9.72 Å². The molecule has 0 aliphatic carbocycles. The van der Waals surface area contributed by atoms with Gasteiger partial charge in [-0.3, -0.25) is 4.79 Å². The third-order valence-corrected chi connectivity index (χ3v) is 8.06. The number of benzene rings is 3. The molecule has 5 rings (SSSR count). The van der Waals surface area contributed by atoms with Crippen LogP contribution in [0, 0.1) is 5.82 Å². The maximum Gasteiger partial charge on any atom is 0.252 e. The Morgan fingerprint density at radius 2 is 1.83 bits per heavy atom. The first-order valence-electron chi connectivity index (χ1n) is 11.1. The molecule has 0 saturated heterocycles. The van der Waals surface area contributed by atoms with Crippen LogP contribution in [-0.4, -0.2) is 33.1 Å². The van der Waals surface area contributed by atoms with Crippen LogP contribution in [-0.2, 0) is 23.1 Å². The molecule has 0 bridgehead atoms. The van der Waals surface area contributed by atoms with E-state index in [-0.39, 0.29) is 29.1 Å². The minimum absolute atomic E-state index is 0.00767. The molecule has 1 N–H and O–H groups in total. The number of hydrogen-bond donors (Lipinski definition) is 1.